The molecule has 1 aromatic carbocycles. The molecule has 3 nitrogen and oxygen atoms in total. The molecule has 1 rings (SSSR count). The Balaban J connectivity index is 2.78. The Kier molecular flexibility index (Phi) is 2.94. The fourth-order valence-electron chi connectivity index (χ4n) is 1.04. The molecule has 1 aromatic rings. The van der Waals surface area contributed by atoms with Gasteiger partial charge in [0, 0.05) is 17.9 Å². The lowest BCUT2D eigenvalue weighted by molar-refractivity contribution is 0.311. The van der Waals surface area contributed by atoms with Crippen molar-refractivity contribution in [3.63, 3.8) is 0 Å². The summed E-state index contributed by atoms with van der Waals surface area (Å²) in [6.45, 7) is 2.65. The van der Waals surface area contributed by atoms with Gasteiger partial charge in [-0.1, -0.05) is 6.07 Å². The first kappa shape index (κ1) is 8.87. The lowest BCUT2D eigenvalue weighted by Gasteiger charge is -2.09. The molecular weight excluding hydrogens is 152 g/mol. The minimum absolute atomic E-state index is 0.133. The first-order chi connectivity index (χ1) is 5.75. The zero-order chi connectivity index (χ0) is 8.97. The minimum Gasteiger partial charge on any atom is -0.398 e. The largest absolute Gasteiger partial charge is 0.398 e. The van der Waals surface area contributed by atoms with Crippen LogP contribution in [0.25, 0.3) is 0 Å². The van der Waals surface area contributed by atoms with Crippen LogP contribution in [0.5, 0.6) is 0 Å². The molecule has 0 heterocycles. The van der Waals surface area contributed by atoms with E-state index in [0.29, 0.717) is 6.54 Å². The Morgan fingerprint density at radius 2 is 2.25 bits per heavy atom. The average molecular weight is 166 g/mol. The van der Waals surface area contributed by atoms with Crippen molar-refractivity contribution in [3.05, 3.63) is 23.8 Å². The van der Waals surface area contributed by atoms with Gasteiger partial charge in [0.2, 0.25) is 0 Å². The molecule has 0 radical (unpaired) electrons. The van der Waals surface area contributed by atoms with Crippen LogP contribution in [-0.4, -0.2) is 18.3 Å². The van der Waals surface area contributed by atoms with Gasteiger partial charge in [-0.25, -0.2) is 0 Å². The molecule has 0 spiro atoms. The highest BCUT2D eigenvalue weighted by molar-refractivity contribution is 5.62. The molecule has 4 N–H and O–H groups in total. The number of benzene rings is 1. The van der Waals surface area contributed by atoms with Crippen LogP contribution >= 0.6 is 0 Å². The minimum atomic E-state index is 0.133. The summed E-state index contributed by atoms with van der Waals surface area (Å²) < 4.78 is 0. The average Bonchev–Trinajstić information content (AvgIpc) is 2.08. The number of hydrogen-bond acceptors (Lipinski definition) is 3. The summed E-state index contributed by atoms with van der Waals surface area (Å²) in [4.78, 5) is 0. The summed E-state index contributed by atoms with van der Waals surface area (Å²) in [5, 5.41) is 11.7. The van der Waals surface area contributed by atoms with Crippen molar-refractivity contribution >= 4 is 11.4 Å². The molecule has 0 aliphatic rings. The summed E-state index contributed by atoms with van der Waals surface area (Å²) in [6, 6.07) is 5.70. The molecule has 0 amide bonds. The normalized spacial score (nSPS) is 9.83. The monoisotopic (exact) mass is 166 g/mol. The van der Waals surface area contributed by atoms with E-state index in [4.69, 9.17) is 10.8 Å². The first-order valence-corrected chi connectivity index (χ1v) is 3.95. The van der Waals surface area contributed by atoms with E-state index in [1.165, 1.54) is 0 Å². The number of hydrogen-bond donors (Lipinski definition) is 3. The van der Waals surface area contributed by atoms with E-state index in [1.807, 2.05) is 25.1 Å². The quantitative estimate of drug-likeness (QED) is 0.587. The Hall–Kier alpha value is -1.22. The van der Waals surface area contributed by atoms with E-state index in [0.717, 1.165) is 16.9 Å². The second-order valence-electron chi connectivity index (χ2n) is 2.67. The van der Waals surface area contributed by atoms with Gasteiger partial charge in [-0.2, -0.15) is 0 Å². The molecule has 0 atom stereocenters. The van der Waals surface area contributed by atoms with Crippen molar-refractivity contribution in [3.8, 4) is 0 Å². The van der Waals surface area contributed by atoms with Gasteiger partial charge < -0.3 is 16.2 Å². The molecule has 0 aliphatic heterocycles. The molecule has 0 unspecified atom stereocenters. The zero-order valence-electron chi connectivity index (χ0n) is 7.17. The number of aliphatic hydroxyl groups is 1. The Bertz CT molecular complexity index is 261. The number of rotatable bonds is 3. The number of aliphatic hydroxyl groups excluding tert-OH is 1. The van der Waals surface area contributed by atoms with Crippen LogP contribution in [-0.2, 0) is 0 Å². The topological polar surface area (TPSA) is 58.3 Å². The van der Waals surface area contributed by atoms with Crippen LogP contribution in [0.15, 0.2) is 18.2 Å². The van der Waals surface area contributed by atoms with Crippen LogP contribution in [0.4, 0.5) is 11.4 Å². The van der Waals surface area contributed by atoms with Crippen molar-refractivity contribution in [2.45, 2.75) is 6.92 Å². The van der Waals surface area contributed by atoms with Crippen LogP contribution in [0.3, 0.4) is 0 Å². The van der Waals surface area contributed by atoms with Crippen molar-refractivity contribution in [1.82, 2.24) is 0 Å². The lowest BCUT2D eigenvalue weighted by atomic mass is 10.1. The molecule has 0 bridgehead atoms. The van der Waals surface area contributed by atoms with E-state index >= 15 is 0 Å². The number of nitrogens with two attached hydrogens (primary N) is 1. The summed E-state index contributed by atoms with van der Waals surface area (Å²) in [5.74, 6) is 0. The molecule has 3 heteroatoms. The maximum atomic E-state index is 8.59. The van der Waals surface area contributed by atoms with Gasteiger partial charge in [-0.05, 0) is 24.6 Å². The molecule has 0 fully saturated rings. The highest BCUT2D eigenvalue weighted by atomic mass is 16.3. The molecule has 12 heavy (non-hydrogen) atoms. The highest BCUT2D eigenvalue weighted by Crippen LogP contribution is 2.19. The van der Waals surface area contributed by atoms with E-state index in [1.54, 1.807) is 0 Å². The molecular formula is C9H14N2O. The van der Waals surface area contributed by atoms with Gasteiger partial charge in [0.15, 0.2) is 0 Å². The molecule has 0 saturated carbocycles. The van der Waals surface area contributed by atoms with Gasteiger partial charge >= 0.3 is 0 Å². The van der Waals surface area contributed by atoms with Crippen molar-refractivity contribution in [1.29, 1.82) is 0 Å². The summed E-state index contributed by atoms with van der Waals surface area (Å²) in [7, 11) is 0. The highest BCUT2D eigenvalue weighted by Gasteiger charge is 1.98. The standard InChI is InChI=1S/C9H14N2O/c1-7-8(10)3-2-4-9(7)11-5-6-12/h2-4,11-12H,5-6,10H2,1H3. The maximum absolute atomic E-state index is 8.59. The van der Waals surface area contributed by atoms with E-state index < -0.39 is 0 Å². The Morgan fingerprint density at radius 1 is 1.50 bits per heavy atom. The third-order valence-electron chi connectivity index (χ3n) is 1.80. The van der Waals surface area contributed by atoms with Gasteiger partial charge in [-0.3, -0.25) is 0 Å². The summed E-state index contributed by atoms with van der Waals surface area (Å²) in [6.07, 6.45) is 0. The second-order valence-corrected chi connectivity index (χ2v) is 2.67. The number of nitrogen functional groups attached to an aromatic ring is 1. The Labute approximate surface area is 72.2 Å². The molecule has 0 aromatic heterocycles. The molecule has 0 aliphatic carbocycles. The predicted molar refractivity (Wildman–Crippen MR) is 51.2 cm³/mol. The van der Waals surface area contributed by atoms with Gasteiger partial charge in [-0.15, -0.1) is 0 Å². The first-order valence-electron chi connectivity index (χ1n) is 3.95. The van der Waals surface area contributed by atoms with Crippen LogP contribution in [0.2, 0.25) is 0 Å². The van der Waals surface area contributed by atoms with Gasteiger partial charge in [0.1, 0.15) is 0 Å². The van der Waals surface area contributed by atoms with Crippen molar-refractivity contribution in [2.75, 3.05) is 24.2 Å². The van der Waals surface area contributed by atoms with Crippen LogP contribution < -0.4 is 11.1 Å². The fourth-order valence-corrected chi connectivity index (χ4v) is 1.04. The number of nitrogens with one attached hydrogen (secondary N) is 1. The lowest BCUT2D eigenvalue weighted by Crippen LogP contribution is -2.07. The third-order valence-corrected chi connectivity index (χ3v) is 1.80. The van der Waals surface area contributed by atoms with Crippen LogP contribution in [0, 0.1) is 6.92 Å². The smallest absolute Gasteiger partial charge is 0.0604 e. The SMILES string of the molecule is Cc1c(N)cccc1NCCO. The number of anilines is 2. The van der Waals surface area contributed by atoms with Crippen molar-refractivity contribution in [2.24, 2.45) is 0 Å². The van der Waals surface area contributed by atoms with Crippen molar-refractivity contribution < 1.29 is 5.11 Å². The summed E-state index contributed by atoms with van der Waals surface area (Å²) >= 11 is 0. The van der Waals surface area contributed by atoms with Gasteiger partial charge in [0.25, 0.3) is 0 Å². The van der Waals surface area contributed by atoms with E-state index in [9.17, 15) is 0 Å². The Morgan fingerprint density at radius 3 is 2.92 bits per heavy atom. The van der Waals surface area contributed by atoms with E-state index in [2.05, 4.69) is 5.32 Å². The van der Waals surface area contributed by atoms with Gasteiger partial charge in [0.05, 0.1) is 6.61 Å². The van der Waals surface area contributed by atoms with E-state index in [-0.39, 0.29) is 6.61 Å². The predicted octanol–water partition coefficient (Wildman–Crippen LogP) is 0.981. The molecule has 66 valence electrons. The summed E-state index contributed by atoms with van der Waals surface area (Å²) in [5.41, 5.74) is 8.49. The maximum Gasteiger partial charge on any atom is 0.0604 e. The third kappa shape index (κ3) is 1.89. The molecule has 0 saturated heterocycles. The fraction of sp³-hybridized carbons (Fsp3) is 0.333. The zero-order valence-corrected chi connectivity index (χ0v) is 7.17. The van der Waals surface area contributed by atoms with Crippen LogP contribution in [0.1, 0.15) is 5.56 Å². The second kappa shape index (κ2) is 3.97.